The van der Waals surface area contributed by atoms with Crippen molar-refractivity contribution in [2.75, 3.05) is 32.8 Å². The monoisotopic (exact) mass is 254 g/mol. The maximum atomic E-state index is 5.66. The van der Waals surface area contributed by atoms with Crippen LogP contribution in [0.3, 0.4) is 0 Å². The van der Waals surface area contributed by atoms with Gasteiger partial charge in [0.15, 0.2) is 0 Å². The summed E-state index contributed by atoms with van der Waals surface area (Å²) >= 11 is 1.83. The zero-order chi connectivity index (χ0) is 12.1. The third-order valence-corrected chi connectivity index (χ3v) is 4.37. The van der Waals surface area contributed by atoms with E-state index in [4.69, 9.17) is 4.74 Å². The number of rotatable bonds is 5. The van der Waals surface area contributed by atoms with Gasteiger partial charge in [-0.15, -0.1) is 11.3 Å². The van der Waals surface area contributed by atoms with E-state index in [0.717, 1.165) is 32.8 Å². The summed E-state index contributed by atoms with van der Waals surface area (Å²) in [5.74, 6) is 0. The Morgan fingerprint density at radius 1 is 1.59 bits per heavy atom. The third kappa shape index (κ3) is 3.78. The normalized spacial score (nSPS) is 21.6. The zero-order valence-corrected chi connectivity index (χ0v) is 11.5. The molecule has 0 spiro atoms. The third-order valence-electron chi connectivity index (χ3n) is 3.13. The molecule has 1 fully saturated rings. The van der Waals surface area contributed by atoms with Crippen molar-refractivity contribution < 1.29 is 4.74 Å². The van der Waals surface area contributed by atoms with Crippen LogP contribution in [0.25, 0.3) is 0 Å². The van der Waals surface area contributed by atoms with E-state index in [1.54, 1.807) is 0 Å². The van der Waals surface area contributed by atoms with Crippen LogP contribution >= 0.6 is 11.3 Å². The number of nitrogens with one attached hydrogen (secondary N) is 2. The molecule has 0 radical (unpaired) electrons. The fourth-order valence-corrected chi connectivity index (χ4v) is 2.90. The highest BCUT2D eigenvalue weighted by molar-refractivity contribution is 7.10. The summed E-state index contributed by atoms with van der Waals surface area (Å²) in [5.41, 5.74) is 0.205. The highest BCUT2D eigenvalue weighted by Gasteiger charge is 2.22. The molecule has 17 heavy (non-hydrogen) atoms. The minimum atomic E-state index is 0.205. The fraction of sp³-hybridized carbons (Fsp3) is 0.692. The van der Waals surface area contributed by atoms with Crippen LogP contribution < -0.4 is 10.6 Å². The summed E-state index contributed by atoms with van der Waals surface area (Å²) < 4.78 is 5.66. The molecule has 1 aliphatic heterocycles. The van der Waals surface area contributed by atoms with E-state index in [-0.39, 0.29) is 5.41 Å². The molecular weight excluding hydrogens is 232 g/mol. The molecule has 1 aliphatic rings. The van der Waals surface area contributed by atoms with Crippen LogP contribution in [0.1, 0.15) is 18.7 Å². The number of hydrogen-bond acceptors (Lipinski definition) is 4. The number of thiophene rings is 1. The largest absolute Gasteiger partial charge is 0.374 e. The Morgan fingerprint density at radius 2 is 2.47 bits per heavy atom. The number of ether oxygens (including phenoxy) is 1. The minimum Gasteiger partial charge on any atom is -0.374 e. The predicted molar refractivity (Wildman–Crippen MR) is 72.8 cm³/mol. The molecule has 3 nitrogen and oxygen atoms in total. The summed E-state index contributed by atoms with van der Waals surface area (Å²) in [7, 11) is 0. The molecule has 2 rings (SSSR count). The van der Waals surface area contributed by atoms with E-state index in [1.165, 1.54) is 4.88 Å². The van der Waals surface area contributed by atoms with Gasteiger partial charge in [0, 0.05) is 36.5 Å². The van der Waals surface area contributed by atoms with Gasteiger partial charge in [0.25, 0.3) is 0 Å². The zero-order valence-electron chi connectivity index (χ0n) is 10.7. The maximum absolute atomic E-state index is 5.66. The molecular formula is C13H22N2OS. The van der Waals surface area contributed by atoms with Gasteiger partial charge in [-0.2, -0.15) is 0 Å². The van der Waals surface area contributed by atoms with Gasteiger partial charge in [-0.3, -0.25) is 0 Å². The Bertz CT molecular complexity index is 318. The van der Waals surface area contributed by atoms with Crippen molar-refractivity contribution in [3.8, 4) is 0 Å². The Morgan fingerprint density at radius 3 is 3.12 bits per heavy atom. The van der Waals surface area contributed by atoms with Crippen molar-refractivity contribution >= 4 is 11.3 Å². The Balaban J connectivity index is 1.74. The lowest BCUT2D eigenvalue weighted by Crippen LogP contribution is -2.45. The Labute approximate surface area is 108 Å². The lowest BCUT2D eigenvalue weighted by molar-refractivity contribution is 0.0287. The highest BCUT2D eigenvalue weighted by Crippen LogP contribution is 2.26. The van der Waals surface area contributed by atoms with Gasteiger partial charge in [0.05, 0.1) is 12.7 Å². The Kier molecular flexibility index (Phi) is 4.56. The standard InChI is InChI=1S/C13H22N2OS/c1-13(2,12-4-3-7-17-12)10-15-9-11-8-14-5-6-16-11/h3-4,7,11,14-15H,5-6,8-10H2,1-2H3. The van der Waals surface area contributed by atoms with Gasteiger partial charge < -0.3 is 15.4 Å². The SMILES string of the molecule is CC(C)(CNCC1CNCCO1)c1cccs1. The van der Waals surface area contributed by atoms with Crippen molar-refractivity contribution in [3.63, 3.8) is 0 Å². The Hall–Kier alpha value is -0.420. The lowest BCUT2D eigenvalue weighted by atomic mass is 9.91. The average molecular weight is 254 g/mol. The van der Waals surface area contributed by atoms with E-state index in [0.29, 0.717) is 6.10 Å². The van der Waals surface area contributed by atoms with Crippen molar-refractivity contribution in [1.82, 2.24) is 10.6 Å². The van der Waals surface area contributed by atoms with Crippen molar-refractivity contribution in [1.29, 1.82) is 0 Å². The van der Waals surface area contributed by atoms with E-state index in [9.17, 15) is 0 Å². The van der Waals surface area contributed by atoms with Crippen LogP contribution in [-0.2, 0) is 10.2 Å². The van der Waals surface area contributed by atoms with Crippen LogP contribution in [0.5, 0.6) is 0 Å². The highest BCUT2D eigenvalue weighted by atomic mass is 32.1. The smallest absolute Gasteiger partial charge is 0.0824 e. The van der Waals surface area contributed by atoms with Gasteiger partial charge in [0.1, 0.15) is 0 Å². The van der Waals surface area contributed by atoms with Gasteiger partial charge in [-0.1, -0.05) is 19.9 Å². The van der Waals surface area contributed by atoms with E-state index in [1.807, 2.05) is 11.3 Å². The van der Waals surface area contributed by atoms with Crippen LogP contribution in [0.15, 0.2) is 17.5 Å². The van der Waals surface area contributed by atoms with Crippen molar-refractivity contribution in [3.05, 3.63) is 22.4 Å². The molecule has 2 N–H and O–H groups in total. The van der Waals surface area contributed by atoms with Gasteiger partial charge >= 0.3 is 0 Å². The summed E-state index contributed by atoms with van der Waals surface area (Å²) in [6.45, 7) is 9.27. The molecule has 0 aliphatic carbocycles. The van der Waals surface area contributed by atoms with Crippen LogP contribution in [-0.4, -0.2) is 38.9 Å². The molecule has 1 aromatic rings. The summed E-state index contributed by atoms with van der Waals surface area (Å²) in [4.78, 5) is 1.44. The fourth-order valence-electron chi connectivity index (χ4n) is 2.05. The van der Waals surface area contributed by atoms with Gasteiger partial charge in [-0.05, 0) is 11.4 Å². The van der Waals surface area contributed by atoms with E-state index >= 15 is 0 Å². The molecule has 0 saturated carbocycles. The summed E-state index contributed by atoms with van der Waals surface area (Å²) in [5, 5.41) is 9.02. The lowest BCUT2D eigenvalue weighted by Gasteiger charge is -2.27. The summed E-state index contributed by atoms with van der Waals surface area (Å²) in [6, 6.07) is 4.33. The average Bonchev–Trinajstić information content (AvgIpc) is 2.84. The maximum Gasteiger partial charge on any atom is 0.0824 e. The van der Waals surface area contributed by atoms with Crippen LogP contribution in [0.2, 0.25) is 0 Å². The number of morpholine rings is 1. The molecule has 2 heterocycles. The molecule has 4 heteroatoms. The molecule has 0 amide bonds. The second-order valence-corrected chi connectivity index (χ2v) is 6.14. The van der Waals surface area contributed by atoms with Gasteiger partial charge in [0.2, 0.25) is 0 Å². The van der Waals surface area contributed by atoms with E-state index in [2.05, 4.69) is 42.0 Å². The first-order chi connectivity index (χ1) is 8.18. The second-order valence-electron chi connectivity index (χ2n) is 5.19. The molecule has 0 bridgehead atoms. The topological polar surface area (TPSA) is 33.3 Å². The van der Waals surface area contributed by atoms with Crippen LogP contribution in [0, 0.1) is 0 Å². The minimum absolute atomic E-state index is 0.205. The molecule has 1 aromatic heterocycles. The van der Waals surface area contributed by atoms with Crippen molar-refractivity contribution in [2.24, 2.45) is 0 Å². The predicted octanol–water partition coefficient (Wildman–Crippen LogP) is 1.60. The molecule has 0 aromatic carbocycles. The number of hydrogen-bond donors (Lipinski definition) is 2. The van der Waals surface area contributed by atoms with Crippen molar-refractivity contribution in [2.45, 2.75) is 25.4 Å². The molecule has 1 saturated heterocycles. The molecule has 96 valence electrons. The summed E-state index contributed by atoms with van der Waals surface area (Å²) in [6.07, 6.45) is 0.322. The first-order valence-electron chi connectivity index (χ1n) is 6.25. The second kappa shape index (κ2) is 5.96. The molecule has 1 atom stereocenters. The quantitative estimate of drug-likeness (QED) is 0.837. The first kappa shape index (κ1) is 13.0. The van der Waals surface area contributed by atoms with E-state index < -0.39 is 0 Å². The first-order valence-corrected chi connectivity index (χ1v) is 7.13. The molecule has 1 unspecified atom stereocenters. The van der Waals surface area contributed by atoms with Crippen LogP contribution in [0.4, 0.5) is 0 Å². The van der Waals surface area contributed by atoms with Gasteiger partial charge in [-0.25, -0.2) is 0 Å².